The maximum absolute atomic E-state index is 13.5. The summed E-state index contributed by atoms with van der Waals surface area (Å²) in [6.07, 6.45) is -3.46. The summed E-state index contributed by atoms with van der Waals surface area (Å²) in [4.78, 5) is 25.7. The number of benzene rings is 1. The molecule has 0 radical (unpaired) electrons. The van der Waals surface area contributed by atoms with Crippen LogP contribution in [0.4, 0.5) is 32.2 Å². The van der Waals surface area contributed by atoms with Gasteiger partial charge in [-0.25, -0.2) is 9.97 Å². The molecule has 5 rings (SSSR count). The van der Waals surface area contributed by atoms with Crippen LogP contribution in [0.1, 0.15) is 70.4 Å². The zero-order chi connectivity index (χ0) is 29.9. The van der Waals surface area contributed by atoms with Gasteiger partial charge in [0.1, 0.15) is 17.8 Å². The van der Waals surface area contributed by atoms with Crippen LogP contribution in [0.3, 0.4) is 0 Å². The van der Waals surface area contributed by atoms with Crippen LogP contribution in [0.25, 0.3) is 16.7 Å². The molecular weight excluding hydrogens is 548 g/mol. The topological polar surface area (TPSA) is 54.3 Å². The molecule has 3 heterocycles. The first-order chi connectivity index (χ1) is 19.1. The van der Waals surface area contributed by atoms with Crippen molar-refractivity contribution >= 4 is 22.8 Å². The summed E-state index contributed by atoms with van der Waals surface area (Å²) in [6.45, 7) is 6.31. The van der Waals surface area contributed by atoms with E-state index in [0.29, 0.717) is 23.7 Å². The fourth-order valence-corrected chi connectivity index (χ4v) is 5.70. The van der Waals surface area contributed by atoms with Crippen molar-refractivity contribution in [3.8, 4) is 5.69 Å². The highest BCUT2D eigenvalue weighted by atomic mass is 19.4. The Hall–Kier alpha value is -3.31. The van der Waals surface area contributed by atoms with Crippen LogP contribution in [0.5, 0.6) is 0 Å². The van der Waals surface area contributed by atoms with E-state index in [-0.39, 0.29) is 24.5 Å². The monoisotopic (exact) mass is 581 g/mol. The van der Waals surface area contributed by atoms with Crippen molar-refractivity contribution in [2.75, 3.05) is 18.0 Å². The van der Waals surface area contributed by atoms with Crippen molar-refractivity contribution in [1.82, 2.24) is 19.4 Å². The Morgan fingerprint density at radius 2 is 1.71 bits per heavy atom. The predicted octanol–water partition coefficient (Wildman–Crippen LogP) is 7.11. The third-order valence-electron chi connectivity index (χ3n) is 8.53. The lowest BCUT2D eigenvalue weighted by molar-refractivity contribution is -0.215. The molecule has 1 aromatic carbocycles. The molecule has 3 aromatic rings. The Morgan fingerprint density at radius 1 is 1.00 bits per heavy atom. The van der Waals surface area contributed by atoms with E-state index in [1.54, 1.807) is 17.6 Å². The van der Waals surface area contributed by atoms with E-state index in [0.717, 1.165) is 56.2 Å². The highest BCUT2D eigenvalue weighted by molar-refractivity contribution is 5.93. The number of aromatic nitrogens is 3. The van der Waals surface area contributed by atoms with E-state index < -0.39 is 35.7 Å². The number of hydrogen-bond acceptors (Lipinski definition) is 4. The first kappa shape index (κ1) is 29.2. The van der Waals surface area contributed by atoms with Crippen molar-refractivity contribution in [2.45, 2.75) is 83.7 Å². The van der Waals surface area contributed by atoms with Gasteiger partial charge in [-0.05, 0) is 56.4 Å². The van der Waals surface area contributed by atoms with E-state index in [2.05, 4.69) is 9.97 Å². The van der Waals surface area contributed by atoms with Crippen molar-refractivity contribution in [1.29, 1.82) is 0 Å². The van der Waals surface area contributed by atoms with Gasteiger partial charge >= 0.3 is 12.4 Å². The second-order valence-corrected chi connectivity index (χ2v) is 12.0. The second kappa shape index (κ2) is 10.2. The molecule has 2 aliphatic rings. The summed E-state index contributed by atoms with van der Waals surface area (Å²) >= 11 is 0. The van der Waals surface area contributed by atoms with Crippen LogP contribution in [-0.4, -0.2) is 56.7 Å². The standard InChI is InChI=1S/C29H33F6N5O/c1-17-14-39(18(2)13-38(17)23(41)12-27(3,4)29(33,34)35)25-24-22(19-7-5-8-19)15-40(26(24)37-16-36-25)21-10-6-9-20(11-21)28(30,31)32/h6,9-11,15-19H,5,7-8,12-14H2,1-4H3/t17-,18+/m1/s1. The summed E-state index contributed by atoms with van der Waals surface area (Å²) in [5.74, 6) is 0.282. The third-order valence-corrected chi connectivity index (χ3v) is 8.53. The van der Waals surface area contributed by atoms with Gasteiger partial charge in [0.2, 0.25) is 5.91 Å². The third kappa shape index (κ3) is 5.37. The molecule has 1 aliphatic heterocycles. The van der Waals surface area contributed by atoms with Gasteiger partial charge in [0.25, 0.3) is 0 Å². The van der Waals surface area contributed by atoms with Crippen LogP contribution in [0.15, 0.2) is 36.8 Å². The quantitative estimate of drug-likeness (QED) is 0.302. The van der Waals surface area contributed by atoms with Gasteiger partial charge in [-0.1, -0.05) is 26.3 Å². The number of rotatable bonds is 5. The first-order valence-electron chi connectivity index (χ1n) is 13.7. The van der Waals surface area contributed by atoms with E-state index in [4.69, 9.17) is 0 Å². The zero-order valence-corrected chi connectivity index (χ0v) is 23.4. The lowest BCUT2D eigenvalue weighted by atomic mass is 9.80. The lowest BCUT2D eigenvalue weighted by Crippen LogP contribution is -2.59. The van der Waals surface area contributed by atoms with Crippen LogP contribution in [0.2, 0.25) is 0 Å². The molecule has 0 bridgehead atoms. The van der Waals surface area contributed by atoms with Crippen molar-refractivity contribution in [3.63, 3.8) is 0 Å². The summed E-state index contributed by atoms with van der Waals surface area (Å²) in [7, 11) is 0. The fourth-order valence-electron chi connectivity index (χ4n) is 5.70. The van der Waals surface area contributed by atoms with Gasteiger partial charge in [0.05, 0.1) is 16.4 Å². The Morgan fingerprint density at radius 3 is 2.32 bits per heavy atom. The molecule has 0 N–H and O–H groups in total. The first-order valence-corrected chi connectivity index (χ1v) is 13.7. The molecule has 222 valence electrons. The van der Waals surface area contributed by atoms with Crippen molar-refractivity contribution in [2.24, 2.45) is 5.41 Å². The largest absolute Gasteiger partial charge is 0.416 e. The fraction of sp³-hybridized carbons (Fsp3) is 0.552. The smallest absolute Gasteiger partial charge is 0.349 e. The summed E-state index contributed by atoms with van der Waals surface area (Å²) in [6, 6.07) is 4.46. The van der Waals surface area contributed by atoms with Gasteiger partial charge in [-0.3, -0.25) is 4.79 Å². The number of anilines is 1. The summed E-state index contributed by atoms with van der Waals surface area (Å²) in [5.41, 5.74) is -1.11. The SMILES string of the molecule is C[C@@H]1CN(c2ncnc3c2c(C2CCC2)cn3-c2cccc(C(F)(F)F)c2)[C@@H](C)CN1C(=O)CC(C)(C)C(F)(F)F. The number of piperazine rings is 1. The molecule has 2 aromatic heterocycles. The molecule has 12 heteroatoms. The minimum atomic E-state index is -4.50. The lowest BCUT2D eigenvalue weighted by Gasteiger charge is -2.45. The van der Waals surface area contributed by atoms with Crippen molar-refractivity contribution < 1.29 is 31.1 Å². The number of hydrogen-bond donors (Lipinski definition) is 0. The minimum Gasteiger partial charge on any atom is -0.349 e. The molecule has 6 nitrogen and oxygen atoms in total. The predicted molar refractivity (Wildman–Crippen MR) is 143 cm³/mol. The van der Waals surface area contributed by atoms with E-state index in [9.17, 15) is 31.1 Å². The average molecular weight is 582 g/mol. The number of carbonyl (C=O) groups excluding carboxylic acids is 1. The molecule has 1 amide bonds. The molecular formula is C29H33F6N5O. The number of alkyl halides is 6. The minimum absolute atomic E-state index is 0.215. The number of fused-ring (bicyclic) bond motifs is 1. The Balaban J connectivity index is 1.51. The van der Waals surface area contributed by atoms with Gasteiger partial charge in [-0.2, -0.15) is 26.3 Å². The van der Waals surface area contributed by atoms with Crippen LogP contribution in [0, 0.1) is 5.41 Å². The normalized spacial score (nSPS) is 20.9. The van der Waals surface area contributed by atoms with E-state index >= 15 is 0 Å². The molecule has 1 aliphatic carbocycles. The van der Waals surface area contributed by atoms with E-state index in [1.165, 1.54) is 17.3 Å². The summed E-state index contributed by atoms with van der Waals surface area (Å²) < 4.78 is 82.5. The van der Waals surface area contributed by atoms with Gasteiger partial charge in [0, 0.05) is 43.5 Å². The molecule has 1 saturated carbocycles. The highest BCUT2D eigenvalue weighted by Gasteiger charge is 2.49. The number of carbonyl (C=O) groups is 1. The number of nitrogens with zero attached hydrogens (tertiary/aromatic N) is 5. The Labute approximate surface area is 234 Å². The zero-order valence-electron chi connectivity index (χ0n) is 23.4. The van der Waals surface area contributed by atoms with Crippen LogP contribution < -0.4 is 4.90 Å². The number of amides is 1. The molecule has 41 heavy (non-hydrogen) atoms. The van der Waals surface area contributed by atoms with Gasteiger partial charge in [-0.15, -0.1) is 0 Å². The average Bonchev–Trinajstić information content (AvgIpc) is 3.22. The van der Waals surface area contributed by atoms with Gasteiger partial charge < -0.3 is 14.4 Å². The molecule has 2 fully saturated rings. The van der Waals surface area contributed by atoms with Crippen LogP contribution >= 0.6 is 0 Å². The summed E-state index contributed by atoms with van der Waals surface area (Å²) in [5, 5.41) is 0.756. The maximum atomic E-state index is 13.5. The highest BCUT2D eigenvalue weighted by Crippen LogP contribution is 2.45. The van der Waals surface area contributed by atoms with Gasteiger partial charge in [0.15, 0.2) is 0 Å². The maximum Gasteiger partial charge on any atom is 0.416 e. The molecule has 0 spiro atoms. The van der Waals surface area contributed by atoms with E-state index in [1.807, 2.05) is 18.0 Å². The Kier molecular flexibility index (Phi) is 7.26. The second-order valence-electron chi connectivity index (χ2n) is 12.0. The molecule has 2 atom stereocenters. The molecule has 0 unspecified atom stereocenters. The number of halogens is 6. The van der Waals surface area contributed by atoms with Crippen molar-refractivity contribution in [3.05, 3.63) is 47.9 Å². The molecule has 1 saturated heterocycles. The Bertz CT molecular complexity index is 1440. The van der Waals surface area contributed by atoms with Crippen LogP contribution in [-0.2, 0) is 11.0 Å².